The van der Waals surface area contributed by atoms with Gasteiger partial charge < -0.3 is 9.98 Å². The molecular weight excluding hydrogens is 256 g/mol. The number of aryl methyl sites for hydroxylation is 1. The lowest BCUT2D eigenvalue weighted by Crippen LogP contribution is -1.93. The maximum absolute atomic E-state index is 8.08. The Kier molecular flexibility index (Phi) is 3.44. The highest BCUT2D eigenvalue weighted by atomic mass is 14.9. The maximum Gasteiger partial charge on any atom is 0.0564 e. The highest BCUT2D eigenvalue weighted by Crippen LogP contribution is 2.36. The van der Waals surface area contributed by atoms with Gasteiger partial charge in [0.05, 0.1) is 5.69 Å². The van der Waals surface area contributed by atoms with Crippen molar-refractivity contribution in [3.63, 3.8) is 0 Å². The first-order valence-corrected chi connectivity index (χ1v) is 7.04. The normalized spacial score (nSPS) is 10.6. The van der Waals surface area contributed by atoms with E-state index in [1.165, 1.54) is 5.56 Å². The van der Waals surface area contributed by atoms with Crippen LogP contribution in [0.3, 0.4) is 0 Å². The van der Waals surface area contributed by atoms with Gasteiger partial charge in [-0.25, -0.2) is 0 Å². The molecule has 0 saturated carbocycles. The van der Waals surface area contributed by atoms with E-state index in [1.54, 1.807) is 0 Å². The van der Waals surface area contributed by atoms with Gasteiger partial charge in [0.1, 0.15) is 0 Å². The Bertz CT molecular complexity index is 768. The van der Waals surface area contributed by atoms with E-state index in [0.717, 1.165) is 22.4 Å². The molecule has 1 heterocycles. The molecular formula is C19H18N2. The Labute approximate surface area is 125 Å². The first kappa shape index (κ1) is 13.4. The zero-order chi connectivity index (χ0) is 14.8. The van der Waals surface area contributed by atoms with Crippen molar-refractivity contribution in [2.75, 3.05) is 0 Å². The molecule has 0 bridgehead atoms. The second-order valence-electron chi connectivity index (χ2n) is 5.23. The number of hydrogen-bond acceptors (Lipinski definition) is 1. The van der Waals surface area contributed by atoms with Crippen molar-refractivity contribution in [1.82, 2.24) is 4.57 Å². The summed E-state index contributed by atoms with van der Waals surface area (Å²) in [6.45, 7) is 1.84. The van der Waals surface area contributed by atoms with Crippen LogP contribution in [0, 0.1) is 5.41 Å². The highest BCUT2D eigenvalue weighted by molar-refractivity contribution is 6.06. The molecule has 2 aromatic carbocycles. The largest absolute Gasteiger partial charge is 0.349 e. The fourth-order valence-electron chi connectivity index (χ4n) is 2.75. The molecule has 3 aromatic rings. The summed E-state index contributed by atoms with van der Waals surface area (Å²) in [5.41, 5.74) is 6.19. The van der Waals surface area contributed by atoms with E-state index in [2.05, 4.69) is 28.8 Å². The van der Waals surface area contributed by atoms with Gasteiger partial charge in [0.25, 0.3) is 0 Å². The van der Waals surface area contributed by atoms with Gasteiger partial charge in [-0.1, -0.05) is 60.7 Å². The minimum Gasteiger partial charge on any atom is -0.349 e. The van der Waals surface area contributed by atoms with Gasteiger partial charge in [0.15, 0.2) is 0 Å². The van der Waals surface area contributed by atoms with Crippen LogP contribution >= 0.6 is 0 Å². The Hall–Kier alpha value is -2.61. The van der Waals surface area contributed by atoms with E-state index >= 15 is 0 Å². The molecule has 3 rings (SSSR count). The standard InChI is InChI=1S/C19H18N2/c1-14(20)17-13-21(2)19(16-11-7-4-8-12-16)18(17)15-9-5-3-6-10-15/h3-13,20H,1-2H3. The summed E-state index contributed by atoms with van der Waals surface area (Å²) in [7, 11) is 2.04. The smallest absolute Gasteiger partial charge is 0.0564 e. The molecule has 2 heteroatoms. The molecule has 0 unspecified atom stereocenters. The van der Waals surface area contributed by atoms with Crippen molar-refractivity contribution in [3.8, 4) is 22.4 Å². The van der Waals surface area contributed by atoms with E-state index in [9.17, 15) is 0 Å². The summed E-state index contributed by atoms with van der Waals surface area (Å²) in [6.07, 6.45) is 2.05. The zero-order valence-electron chi connectivity index (χ0n) is 12.3. The lowest BCUT2D eigenvalue weighted by molar-refractivity contribution is 0.936. The van der Waals surface area contributed by atoms with Crippen molar-refractivity contribution < 1.29 is 0 Å². The van der Waals surface area contributed by atoms with Crippen LogP contribution in [-0.2, 0) is 7.05 Å². The molecule has 104 valence electrons. The van der Waals surface area contributed by atoms with Crippen LogP contribution in [0.15, 0.2) is 66.9 Å². The molecule has 0 fully saturated rings. The van der Waals surface area contributed by atoms with Crippen LogP contribution in [-0.4, -0.2) is 10.3 Å². The van der Waals surface area contributed by atoms with Gasteiger partial charge in [-0.05, 0) is 18.1 Å². The van der Waals surface area contributed by atoms with Crippen LogP contribution in [0.1, 0.15) is 12.5 Å². The predicted molar refractivity (Wildman–Crippen MR) is 88.8 cm³/mol. The minimum absolute atomic E-state index is 0.589. The number of rotatable bonds is 3. The topological polar surface area (TPSA) is 28.8 Å². The Morgan fingerprint density at radius 2 is 1.38 bits per heavy atom. The third kappa shape index (κ3) is 2.40. The summed E-state index contributed by atoms with van der Waals surface area (Å²) in [5, 5.41) is 8.08. The van der Waals surface area contributed by atoms with Gasteiger partial charge in [-0.2, -0.15) is 0 Å². The Balaban J connectivity index is 2.32. The van der Waals surface area contributed by atoms with Crippen molar-refractivity contribution in [3.05, 3.63) is 72.4 Å². The van der Waals surface area contributed by atoms with E-state index in [0.29, 0.717) is 5.71 Å². The maximum atomic E-state index is 8.08. The number of nitrogens with zero attached hydrogens (tertiary/aromatic N) is 1. The Morgan fingerprint density at radius 3 is 1.90 bits per heavy atom. The number of benzene rings is 2. The fourth-order valence-corrected chi connectivity index (χ4v) is 2.75. The summed E-state index contributed by atoms with van der Waals surface area (Å²) in [4.78, 5) is 0. The second-order valence-corrected chi connectivity index (χ2v) is 5.23. The molecule has 21 heavy (non-hydrogen) atoms. The predicted octanol–water partition coefficient (Wildman–Crippen LogP) is 4.75. The van der Waals surface area contributed by atoms with Crippen LogP contribution in [0.2, 0.25) is 0 Å². The van der Waals surface area contributed by atoms with Crippen LogP contribution in [0.4, 0.5) is 0 Å². The average molecular weight is 274 g/mol. The molecule has 0 atom stereocenters. The molecule has 0 spiro atoms. The minimum atomic E-state index is 0.589. The van der Waals surface area contributed by atoms with E-state index in [1.807, 2.05) is 56.6 Å². The van der Waals surface area contributed by atoms with Gasteiger partial charge in [0, 0.05) is 30.1 Å². The van der Waals surface area contributed by atoms with Crippen LogP contribution < -0.4 is 0 Å². The first-order chi connectivity index (χ1) is 10.2. The summed E-state index contributed by atoms with van der Waals surface area (Å²) in [6, 6.07) is 20.7. The van der Waals surface area contributed by atoms with Crippen LogP contribution in [0.5, 0.6) is 0 Å². The number of aromatic nitrogens is 1. The van der Waals surface area contributed by atoms with Gasteiger partial charge in [0.2, 0.25) is 0 Å². The Morgan fingerprint density at radius 1 is 0.857 bits per heavy atom. The van der Waals surface area contributed by atoms with Crippen LogP contribution in [0.25, 0.3) is 22.4 Å². The van der Waals surface area contributed by atoms with E-state index < -0.39 is 0 Å². The molecule has 1 aromatic heterocycles. The number of hydrogen-bond donors (Lipinski definition) is 1. The monoisotopic (exact) mass is 274 g/mol. The van der Waals surface area contributed by atoms with Gasteiger partial charge in [-0.3, -0.25) is 0 Å². The fraction of sp³-hybridized carbons (Fsp3) is 0.105. The number of nitrogens with one attached hydrogen (secondary N) is 1. The summed E-state index contributed by atoms with van der Waals surface area (Å²) in [5.74, 6) is 0. The molecule has 0 radical (unpaired) electrons. The van der Waals surface area contributed by atoms with E-state index in [-0.39, 0.29) is 0 Å². The third-order valence-electron chi connectivity index (χ3n) is 3.70. The average Bonchev–Trinajstić information content (AvgIpc) is 2.87. The molecule has 0 aliphatic heterocycles. The second kappa shape index (κ2) is 5.41. The lowest BCUT2D eigenvalue weighted by atomic mass is 9.96. The van der Waals surface area contributed by atoms with E-state index in [4.69, 9.17) is 5.41 Å². The van der Waals surface area contributed by atoms with Crippen molar-refractivity contribution >= 4 is 5.71 Å². The molecule has 1 N–H and O–H groups in total. The molecule has 0 amide bonds. The molecule has 0 saturated heterocycles. The molecule has 0 aliphatic carbocycles. The SMILES string of the molecule is CC(=N)c1cn(C)c(-c2ccccc2)c1-c1ccccc1. The zero-order valence-corrected chi connectivity index (χ0v) is 12.3. The summed E-state index contributed by atoms with van der Waals surface area (Å²) >= 11 is 0. The molecule has 0 aliphatic rings. The van der Waals surface area contributed by atoms with Crippen molar-refractivity contribution in [2.45, 2.75) is 6.92 Å². The molecule has 2 nitrogen and oxygen atoms in total. The lowest BCUT2D eigenvalue weighted by Gasteiger charge is -2.09. The summed E-state index contributed by atoms with van der Waals surface area (Å²) < 4.78 is 2.12. The quantitative estimate of drug-likeness (QED) is 0.668. The first-order valence-electron chi connectivity index (χ1n) is 7.04. The third-order valence-corrected chi connectivity index (χ3v) is 3.70. The van der Waals surface area contributed by atoms with Crippen molar-refractivity contribution in [2.24, 2.45) is 7.05 Å². The highest BCUT2D eigenvalue weighted by Gasteiger charge is 2.18. The van der Waals surface area contributed by atoms with Crippen molar-refractivity contribution in [1.29, 1.82) is 5.41 Å². The van der Waals surface area contributed by atoms with Gasteiger partial charge >= 0.3 is 0 Å². The van der Waals surface area contributed by atoms with Gasteiger partial charge in [-0.15, -0.1) is 0 Å².